The van der Waals surface area contributed by atoms with Crippen molar-refractivity contribution < 1.29 is 46.3 Å². The van der Waals surface area contributed by atoms with Crippen molar-refractivity contribution in [3.63, 3.8) is 0 Å². The predicted molar refractivity (Wildman–Crippen MR) is 109 cm³/mol. The van der Waals surface area contributed by atoms with Crippen molar-refractivity contribution in [2.75, 3.05) is 38.5 Å². The number of nitrogens with zero attached hydrogens (tertiary/aromatic N) is 3. The van der Waals surface area contributed by atoms with Crippen LogP contribution in [0.2, 0.25) is 0 Å². The molecule has 1 aliphatic heterocycles. The van der Waals surface area contributed by atoms with Gasteiger partial charge in [-0.1, -0.05) is 26.1 Å². The van der Waals surface area contributed by atoms with E-state index in [0.717, 1.165) is 18.9 Å². The quantitative estimate of drug-likeness (QED) is 0.360. The van der Waals surface area contributed by atoms with E-state index >= 15 is 0 Å². The molecule has 0 aromatic heterocycles. The summed E-state index contributed by atoms with van der Waals surface area (Å²) in [6.45, 7) is 0.960. The first-order valence-corrected chi connectivity index (χ1v) is 10.7. The molecule has 1 aliphatic rings. The standard InChI is InChI=1S/C17H30N6O5S.O.Tc/c1-10-2-11(4-18)5-22-17(28)12(9-29)23-16(27)8-21-15(26)7-20-14(25)6-19-13(24)3-10;;/h10-12H,2-9,18H2,1H3,(H6,19,20,21,22,23,24,25,26,27,28,29);;/q;;+4/p-4. The molecule has 0 aromatic carbocycles. The third-order valence-corrected chi connectivity index (χ3v) is 4.46. The van der Waals surface area contributed by atoms with Crippen LogP contribution in [0, 0.1) is 11.8 Å². The second-order valence-electron chi connectivity index (χ2n) is 6.79. The zero-order chi connectivity index (χ0) is 23.8. The fraction of sp³-hybridized carbons (Fsp3) is 0.706. The molecular weight excluding hydrogens is 514 g/mol. The van der Waals surface area contributed by atoms with Gasteiger partial charge in [-0.05, 0) is 24.8 Å². The number of hydrogen-bond acceptors (Lipinski definition) is 8. The molecular formula is C17H26N6O6STc. The fourth-order valence-electron chi connectivity index (χ4n) is 2.64. The zero-order valence-corrected chi connectivity index (χ0v) is 19.7. The monoisotopic (exact) mass is 539 g/mol. The first kappa shape index (κ1) is 29.1. The number of amides is 5. The Balaban J connectivity index is 0.00000436. The van der Waals surface area contributed by atoms with Gasteiger partial charge in [-0.25, -0.2) is 0 Å². The molecule has 0 saturated carbocycles. The first-order valence-electron chi connectivity index (χ1n) is 9.37. The molecule has 4 N–H and O–H groups in total. The van der Waals surface area contributed by atoms with E-state index in [0.29, 0.717) is 13.0 Å². The fourth-order valence-corrected chi connectivity index (χ4v) is 2.87. The maximum atomic E-state index is 12.2. The molecule has 14 heteroatoms. The summed E-state index contributed by atoms with van der Waals surface area (Å²) in [5, 5.41) is 15.8. The van der Waals surface area contributed by atoms with E-state index in [1.165, 1.54) is 0 Å². The molecule has 12 nitrogen and oxygen atoms in total. The van der Waals surface area contributed by atoms with Gasteiger partial charge in [-0.2, -0.15) is 5.75 Å². The van der Waals surface area contributed by atoms with Gasteiger partial charge in [0.1, 0.15) is 0 Å². The summed E-state index contributed by atoms with van der Waals surface area (Å²) in [7, 11) is 0. The van der Waals surface area contributed by atoms with Crippen LogP contribution in [0.4, 0.5) is 0 Å². The molecule has 1 fully saturated rings. The van der Waals surface area contributed by atoms with Gasteiger partial charge in [-0.3, -0.25) is 9.59 Å². The number of carbonyl (C=O) groups excluding carboxylic acids is 5. The van der Waals surface area contributed by atoms with Crippen LogP contribution in [0.15, 0.2) is 0 Å². The van der Waals surface area contributed by atoms with Crippen LogP contribution in [0.1, 0.15) is 19.8 Å². The Hall–Kier alpha value is -1.89. The van der Waals surface area contributed by atoms with Crippen LogP contribution >= 0.6 is 0 Å². The Morgan fingerprint density at radius 1 is 1.03 bits per heavy atom. The van der Waals surface area contributed by atoms with E-state index in [2.05, 4.69) is 26.6 Å². The van der Waals surface area contributed by atoms with Crippen molar-refractivity contribution in [2.45, 2.75) is 25.8 Å². The van der Waals surface area contributed by atoms with E-state index in [1.807, 2.05) is 6.92 Å². The Kier molecular flexibility index (Phi) is 15.7. The van der Waals surface area contributed by atoms with Crippen LogP contribution in [-0.4, -0.2) is 74.1 Å². The van der Waals surface area contributed by atoms with Crippen molar-refractivity contribution in [3.8, 4) is 0 Å². The number of carbonyl (C=O) groups is 5. The summed E-state index contributed by atoms with van der Waals surface area (Å²) in [5.41, 5.74) is 5.75. The van der Waals surface area contributed by atoms with Crippen LogP contribution in [-0.2, 0) is 59.0 Å². The molecule has 3 unspecified atom stereocenters. The van der Waals surface area contributed by atoms with Gasteiger partial charge in [0.05, 0.1) is 12.5 Å². The van der Waals surface area contributed by atoms with Crippen molar-refractivity contribution >= 4 is 42.2 Å². The molecule has 0 radical (unpaired) electrons. The van der Waals surface area contributed by atoms with Crippen LogP contribution in [0.5, 0.6) is 0 Å². The molecule has 1 rings (SSSR count). The SMILES string of the molecule is CC1CC(=O)NCC(=O)[N-]CC(=O)[N-]CC(=O)[N-]C(C[S-])C(=O)NCC(CN)C1.[O]=[Tc+4]. The van der Waals surface area contributed by atoms with E-state index in [9.17, 15) is 24.0 Å². The number of nitrogens with one attached hydrogen (secondary N) is 2. The summed E-state index contributed by atoms with van der Waals surface area (Å²) < 4.78 is 8.22. The molecule has 0 spiro atoms. The summed E-state index contributed by atoms with van der Waals surface area (Å²) in [6.07, 6.45) is 0.745. The van der Waals surface area contributed by atoms with E-state index in [-0.39, 0.29) is 43.0 Å². The van der Waals surface area contributed by atoms with E-state index < -0.39 is 42.8 Å². The molecule has 0 aliphatic carbocycles. The Labute approximate surface area is 196 Å². The molecule has 173 valence electrons. The van der Waals surface area contributed by atoms with Gasteiger partial charge in [0, 0.05) is 24.8 Å². The van der Waals surface area contributed by atoms with Crippen LogP contribution in [0.3, 0.4) is 0 Å². The number of rotatable bonds is 2. The van der Waals surface area contributed by atoms with Gasteiger partial charge < -0.3 is 59.3 Å². The van der Waals surface area contributed by atoms with Crippen LogP contribution in [0.25, 0.3) is 16.0 Å². The van der Waals surface area contributed by atoms with Crippen molar-refractivity contribution in [1.82, 2.24) is 10.6 Å². The first-order chi connectivity index (χ1) is 14.7. The van der Waals surface area contributed by atoms with Gasteiger partial charge >= 0.3 is 22.4 Å². The second-order valence-corrected chi connectivity index (χ2v) is 7.13. The van der Waals surface area contributed by atoms with Gasteiger partial charge in [0.15, 0.2) is 0 Å². The van der Waals surface area contributed by atoms with Gasteiger partial charge in [-0.15, -0.1) is 0 Å². The van der Waals surface area contributed by atoms with Crippen molar-refractivity contribution in [2.24, 2.45) is 17.6 Å². The maximum absolute atomic E-state index is 12.2. The second kappa shape index (κ2) is 16.8. The Morgan fingerprint density at radius 2 is 1.65 bits per heavy atom. The number of nitrogens with two attached hydrogens (primary N) is 1. The summed E-state index contributed by atoms with van der Waals surface area (Å²) in [4.78, 5) is 59.3. The third-order valence-electron chi connectivity index (χ3n) is 4.15. The zero-order valence-electron chi connectivity index (χ0n) is 17.0. The number of hydrogen-bond donors (Lipinski definition) is 3. The average molecular weight is 540 g/mol. The predicted octanol–water partition coefficient (Wildman–Crippen LogP) is -1.28. The molecule has 3 atom stereocenters. The minimum atomic E-state index is -1.07. The summed E-state index contributed by atoms with van der Waals surface area (Å²) in [6, 6.07) is -1.07. The molecule has 0 bridgehead atoms. The summed E-state index contributed by atoms with van der Waals surface area (Å²) >= 11 is 5.78. The minimum absolute atomic E-state index is 0.0454. The van der Waals surface area contributed by atoms with Gasteiger partial charge in [0.2, 0.25) is 11.8 Å². The Bertz CT molecular complexity index is 640. The topological polar surface area (TPSA) is 195 Å². The van der Waals surface area contributed by atoms with Crippen molar-refractivity contribution in [1.29, 1.82) is 0 Å². The molecule has 1 saturated heterocycles. The summed E-state index contributed by atoms with van der Waals surface area (Å²) in [5.74, 6) is -3.32. The Morgan fingerprint density at radius 3 is 2.26 bits per heavy atom. The van der Waals surface area contributed by atoms with Gasteiger partial charge in [0.25, 0.3) is 0 Å². The molecule has 1 heterocycles. The third kappa shape index (κ3) is 13.2. The van der Waals surface area contributed by atoms with Crippen LogP contribution < -0.4 is 16.4 Å². The average Bonchev–Trinajstić information content (AvgIpc) is 2.76. The van der Waals surface area contributed by atoms with E-state index in [4.69, 9.17) is 21.9 Å². The molecule has 5 amide bonds. The molecule has 31 heavy (non-hydrogen) atoms. The normalized spacial score (nSPS) is 25.1. The molecule has 0 aromatic rings. The van der Waals surface area contributed by atoms with Crippen molar-refractivity contribution in [3.05, 3.63) is 16.0 Å². The van der Waals surface area contributed by atoms with E-state index in [1.54, 1.807) is 0 Å².